The van der Waals surface area contributed by atoms with E-state index in [1.165, 1.54) is 0 Å². The van der Waals surface area contributed by atoms with Crippen molar-refractivity contribution in [3.8, 4) is 17.2 Å². The number of guanidine groups is 1. The van der Waals surface area contributed by atoms with Crippen LogP contribution in [-0.2, 0) is 6.54 Å². The summed E-state index contributed by atoms with van der Waals surface area (Å²) in [6.07, 6.45) is 0. The Bertz CT molecular complexity index is 760. The number of benzene rings is 2. The molecule has 0 aliphatic heterocycles. The predicted octanol–water partition coefficient (Wildman–Crippen LogP) is 3.93. The summed E-state index contributed by atoms with van der Waals surface area (Å²) in [5.74, 6) is 3.38. The summed E-state index contributed by atoms with van der Waals surface area (Å²) in [6, 6.07) is 13.7. The first-order valence-electron chi connectivity index (χ1n) is 8.97. The third-order valence-corrected chi connectivity index (χ3v) is 3.81. The van der Waals surface area contributed by atoms with E-state index in [1.807, 2.05) is 36.4 Å². The van der Waals surface area contributed by atoms with Gasteiger partial charge in [0.05, 0.1) is 20.8 Å². The van der Waals surface area contributed by atoms with Crippen LogP contribution in [0.5, 0.6) is 17.2 Å². The van der Waals surface area contributed by atoms with Gasteiger partial charge in [-0.25, -0.2) is 0 Å². The van der Waals surface area contributed by atoms with E-state index in [0.717, 1.165) is 17.0 Å². The largest absolute Gasteiger partial charge is 0.493 e. The van der Waals surface area contributed by atoms with Crippen LogP contribution < -0.4 is 24.8 Å². The van der Waals surface area contributed by atoms with Gasteiger partial charge in [-0.1, -0.05) is 26.0 Å². The molecule has 0 fully saturated rings. The molecule has 2 rings (SSSR count). The number of hydrogen-bond donors (Lipinski definition) is 2. The lowest BCUT2D eigenvalue weighted by Crippen LogP contribution is -2.30. The van der Waals surface area contributed by atoms with Crippen LogP contribution in [0.1, 0.15) is 19.4 Å². The summed E-state index contributed by atoms with van der Waals surface area (Å²) in [5, 5.41) is 6.56. The molecule has 0 saturated heterocycles. The molecule has 0 amide bonds. The van der Waals surface area contributed by atoms with E-state index in [1.54, 1.807) is 21.3 Å². The van der Waals surface area contributed by atoms with E-state index in [0.29, 0.717) is 36.5 Å². The molecular formula is C21H29N3O3. The molecule has 27 heavy (non-hydrogen) atoms. The maximum Gasteiger partial charge on any atom is 0.195 e. The van der Waals surface area contributed by atoms with Crippen LogP contribution >= 0.6 is 0 Å². The van der Waals surface area contributed by atoms with E-state index in [2.05, 4.69) is 35.5 Å². The fourth-order valence-corrected chi connectivity index (χ4v) is 2.42. The number of rotatable bonds is 8. The van der Waals surface area contributed by atoms with Crippen molar-refractivity contribution >= 4 is 11.6 Å². The van der Waals surface area contributed by atoms with Crippen LogP contribution in [0.2, 0.25) is 0 Å². The molecule has 0 aliphatic carbocycles. The van der Waals surface area contributed by atoms with Gasteiger partial charge < -0.3 is 24.8 Å². The first kappa shape index (κ1) is 20.4. The highest BCUT2D eigenvalue weighted by atomic mass is 16.5. The second-order valence-electron chi connectivity index (χ2n) is 6.47. The van der Waals surface area contributed by atoms with Crippen LogP contribution in [0.25, 0.3) is 0 Å². The molecule has 2 N–H and O–H groups in total. The van der Waals surface area contributed by atoms with Gasteiger partial charge >= 0.3 is 0 Å². The molecule has 6 heteroatoms. The monoisotopic (exact) mass is 371 g/mol. The van der Waals surface area contributed by atoms with Crippen LogP contribution in [0.3, 0.4) is 0 Å². The maximum absolute atomic E-state index is 5.78. The first-order valence-corrected chi connectivity index (χ1v) is 8.97. The molecule has 0 bridgehead atoms. The molecule has 0 radical (unpaired) electrons. The van der Waals surface area contributed by atoms with Gasteiger partial charge in [-0.2, -0.15) is 0 Å². The summed E-state index contributed by atoms with van der Waals surface area (Å²) in [6.45, 7) is 5.61. The van der Waals surface area contributed by atoms with E-state index in [9.17, 15) is 0 Å². The Morgan fingerprint density at radius 3 is 2.48 bits per heavy atom. The number of ether oxygens (including phenoxy) is 3. The molecule has 146 valence electrons. The Labute approximate surface area is 161 Å². The van der Waals surface area contributed by atoms with Crippen molar-refractivity contribution in [1.29, 1.82) is 0 Å². The van der Waals surface area contributed by atoms with Crippen molar-refractivity contribution in [2.24, 2.45) is 10.9 Å². The van der Waals surface area contributed by atoms with Crippen molar-refractivity contribution in [3.63, 3.8) is 0 Å². The number of anilines is 1. The van der Waals surface area contributed by atoms with Gasteiger partial charge in [-0.15, -0.1) is 0 Å². The third kappa shape index (κ3) is 6.40. The first-order chi connectivity index (χ1) is 13.0. The zero-order valence-corrected chi connectivity index (χ0v) is 16.7. The van der Waals surface area contributed by atoms with Gasteiger partial charge in [0.15, 0.2) is 17.5 Å². The molecule has 2 aromatic carbocycles. The molecule has 0 spiro atoms. The SMILES string of the molecule is CN=C(NCc1cccc(OCC(C)C)c1)Nc1ccc(OC)c(OC)c1. The van der Waals surface area contributed by atoms with Crippen molar-refractivity contribution in [2.45, 2.75) is 20.4 Å². The van der Waals surface area contributed by atoms with E-state index in [-0.39, 0.29) is 0 Å². The van der Waals surface area contributed by atoms with Gasteiger partial charge in [-0.3, -0.25) is 4.99 Å². The van der Waals surface area contributed by atoms with Crippen LogP contribution in [-0.4, -0.2) is 33.8 Å². The van der Waals surface area contributed by atoms with Gasteiger partial charge in [0, 0.05) is 25.3 Å². The summed E-state index contributed by atoms with van der Waals surface area (Å²) in [7, 11) is 4.96. The summed E-state index contributed by atoms with van der Waals surface area (Å²) in [4.78, 5) is 4.27. The molecule has 0 atom stereocenters. The second kappa shape index (κ2) is 10.3. The molecule has 0 unspecified atom stereocenters. The topological polar surface area (TPSA) is 64.1 Å². The number of methoxy groups -OCH3 is 2. The van der Waals surface area contributed by atoms with Crippen molar-refractivity contribution < 1.29 is 14.2 Å². The summed E-state index contributed by atoms with van der Waals surface area (Å²) < 4.78 is 16.4. The van der Waals surface area contributed by atoms with Crippen molar-refractivity contribution in [2.75, 3.05) is 33.2 Å². The van der Waals surface area contributed by atoms with Crippen LogP contribution in [0.4, 0.5) is 5.69 Å². The molecular weight excluding hydrogens is 342 g/mol. The van der Waals surface area contributed by atoms with E-state index in [4.69, 9.17) is 14.2 Å². The maximum atomic E-state index is 5.78. The number of nitrogens with one attached hydrogen (secondary N) is 2. The van der Waals surface area contributed by atoms with Crippen molar-refractivity contribution in [3.05, 3.63) is 48.0 Å². The Hall–Kier alpha value is -2.89. The molecule has 0 saturated carbocycles. The standard InChI is InChI=1S/C21H29N3O3/c1-15(2)14-27-18-8-6-7-16(11-18)13-23-21(22-3)24-17-9-10-19(25-4)20(12-17)26-5/h6-12,15H,13-14H2,1-5H3,(H2,22,23,24). The van der Waals surface area contributed by atoms with Gasteiger partial charge in [0.25, 0.3) is 0 Å². The zero-order chi connectivity index (χ0) is 19.6. The van der Waals surface area contributed by atoms with E-state index >= 15 is 0 Å². The third-order valence-electron chi connectivity index (χ3n) is 3.81. The average Bonchev–Trinajstić information content (AvgIpc) is 2.69. The fourth-order valence-electron chi connectivity index (χ4n) is 2.42. The minimum atomic E-state index is 0.497. The average molecular weight is 371 g/mol. The summed E-state index contributed by atoms with van der Waals surface area (Å²) in [5.41, 5.74) is 1.97. The Morgan fingerprint density at radius 2 is 1.81 bits per heavy atom. The van der Waals surface area contributed by atoms with E-state index < -0.39 is 0 Å². The second-order valence-corrected chi connectivity index (χ2v) is 6.47. The number of aliphatic imine (C=N–C) groups is 1. The lowest BCUT2D eigenvalue weighted by atomic mass is 10.2. The predicted molar refractivity (Wildman–Crippen MR) is 110 cm³/mol. The summed E-state index contributed by atoms with van der Waals surface area (Å²) >= 11 is 0. The van der Waals surface area contributed by atoms with Gasteiger partial charge in [0.1, 0.15) is 5.75 Å². The highest BCUT2D eigenvalue weighted by Gasteiger charge is 2.07. The number of hydrogen-bond acceptors (Lipinski definition) is 4. The minimum absolute atomic E-state index is 0.497. The normalized spacial score (nSPS) is 11.3. The molecule has 0 aliphatic rings. The smallest absolute Gasteiger partial charge is 0.195 e. The minimum Gasteiger partial charge on any atom is -0.493 e. The zero-order valence-electron chi connectivity index (χ0n) is 16.7. The molecule has 0 heterocycles. The highest BCUT2D eigenvalue weighted by molar-refractivity contribution is 5.93. The van der Waals surface area contributed by atoms with Gasteiger partial charge in [-0.05, 0) is 35.7 Å². The lowest BCUT2D eigenvalue weighted by molar-refractivity contribution is 0.271. The quantitative estimate of drug-likeness (QED) is 0.544. The van der Waals surface area contributed by atoms with Crippen LogP contribution in [0, 0.1) is 5.92 Å². The molecule has 0 aromatic heterocycles. The Kier molecular flexibility index (Phi) is 7.79. The Balaban J connectivity index is 1.97. The molecule has 2 aromatic rings. The highest BCUT2D eigenvalue weighted by Crippen LogP contribution is 2.29. The Morgan fingerprint density at radius 1 is 1.04 bits per heavy atom. The fraction of sp³-hybridized carbons (Fsp3) is 0.381. The number of nitrogens with zero attached hydrogens (tertiary/aromatic N) is 1. The van der Waals surface area contributed by atoms with Gasteiger partial charge in [0.2, 0.25) is 0 Å². The van der Waals surface area contributed by atoms with Crippen molar-refractivity contribution in [1.82, 2.24) is 5.32 Å². The van der Waals surface area contributed by atoms with Crippen LogP contribution in [0.15, 0.2) is 47.5 Å². The lowest BCUT2D eigenvalue weighted by Gasteiger charge is -2.15. The molecule has 6 nitrogen and oxygen atoms in total.